The highest BCUT2D eigenvalue weighted by atomic mass is 35.5. The average molecular weight is 395 g/mol. The molecule has 1 saturated carbocycles. The zero-order valence-corrected chi connectivity index (χ0v) is 15.1. The lowest BCUT2D eigenvalue weighted by Gasteiger charge is -2.14. The molecule has 0 aromatic carbocycles. The zero-order valence-electron chi connectivity index (χ0n) is 14.4. The molecule has 1 aromatic heterocycles. The average Bonchev–Trinajstić information content (AvgIpc) is 3.08. The van der Waals surface area contributed by atoms with E-state index in [9.17, 15) is 18.4 Å². The number of hydrogen-bond acceptors (Lipinski definition) is 4. The SMILES string of the molecule is CCCCc1nc(Cl)c(C#N)n1CC1CCC(N)C1.O=C(O)C(F)(F)F. The van der Waals surface area contributed by atoms with Crippen LogP contribution in [0.25, 0.3) is 0 Å². The lowest BCUT2D eigenvalue weighted by molar-refractivity contribution is -0.192. The van der Waals surface area contributed by atoms with Crippen molar-refractivity contribution in [2.45, 2.75) is 64.2 Å². The van der Waals surface area contributed by atoms with Crippen molar-refractivity contribution in [2.24, 2.45) is 11.7 Å². The molecule has 2 atom stereocenters. The monoisotopic (exact) mass is 394 g/mol. The Morgan fingerprint density at radius 1 is 1.50 bits per heavy atom. The van der Waals surface area contributed by atoms with E-state index in [1.54, 1.807) is 0 Å². The van der Waals surface area contributed by atoms with Crippen molar-refractivity contribution in [3.05, 3.63) is 16.7 Å². The second kappa shape index (κ2) is 9.78. The van der Waals surface area contributed by atoms with Crippen LogP contribution in [-0.4, -0.2) is 32.8 Å². The summed E-state index contributed by atoms with van der Waals surface area (Å²) in [5, 5.41) is 16.7. The van der Waals surface area contributed by atoms with E-state index < -0.39 is 12.1 Å². The number of alkyl halides is 3. The van der Waals surface area contributed by atoms with Crippen LogP contribution in [0.5, 0.6) is 0 Å². The standard InChI is InChI=1S/C14H21ClN4.C2HF3O2/c1-2-3-4-13-18-14(15)12(8-16)19(13)9-10-5-6-11(17)7-10;3-2(4,5)1(6)7/h10-11H,2-7,9,17H2,1H3;(H,6,7). The number of nitrogens with two attached hydrogens (primary N) is 1. The van der Waals surface area contributed by atoms with Crippen molar-refractivity contribution in [3.8, 4) is 6.07 Å². The number of carboxylic acids is 1. The summed E-state index contributed by atoms with van der Waals surface area (Å²) in [5.41, 5.74) is 6.46. The Hall–Kier alpha value is -1.79. The Labute approximate surface area is 154 Å². The van der Waals surface area contributed by atoms with Crippen LogP contribution in [0.2, 0.25) is 5.15 Å². The van der Waals surface area contributed by atoms with Crippen molar-refractivity contribution >= 4 is 17.6 Å². The van der Waals surface area contributed by atoms with E-state index in [0.717, 1.165) is 50.9 Å². The van der Waals surface area contributed by atoms with E-state index in [1.807, 2.05) is 4.57 Å². The molecule has 0 spiro atoms. The van der Waals surface area contributed by atoms with Gasteiger partial charge in [0, 0.05) is 19.0 Å². The number of carboxylic acid groups (broad SMARTS) is 1. The van der Waals surface area contributed by atoms with E-state index in [-0.39, 0.29) is 0 Å². The van der Waals surface area contributed by atoms with Gasteiger partial charge in [0.1, 0.15) is 11.9 Å². The lowest BCUT2D eigenvalue weighted by atomic mass is 10.1. The fourth-order valence-electron chi connectivity index (χ4n) is 2.83. The molecule has 10 heteroatoms. The molecule has 0 amide bonds. The maximum Gasteiger partial charge on any atom is 0.490 e. The fraction of sp³-hybridized carbons (Fsp3) is 0.688. The van der Waals surface area contributed by atoms with Crippen LogP contribution in [0.3, 0.4) is 0 Å². The van der Waals surface area contributed by atoms with Gasteiger partial charge in [-0.3, -0.25) is 0 Å². The smallest absolute Gasteiger partial charge is 0.475 e. The van der Waals surface area contributed by atoms with E-state index >= 15 is 0 Å². The van der Waals surface area contributed by atoms with Gasteiger partial charge in [0.2, 0.25) is 0 Å². The highest BCUT2D eigenvalue weighted by Crippen LogP contribution is 2.28. The van der Waals surface area contributed by atoms with Gasteiger partial charge >= 0.3 is 12.1 Å². The third-order valence-corrected chi connectivity index (χ3v) is 4.39. The molecule has 0 saturated heterocycles. The van der Waals surface area contributed by atoms with Crippen LogP contribution in [0.15, 0.2) is 0 Å². The summed E-state index contributed by atoms with van der Waals surface area (Å²) >= 11 is 6.06. The molecule has 0 aliphatic heterocycles. The number of halogens is 4. The molecule has 1 aromatic rings. The predicted octanol–water partition coefficient (Wildman–Crippen LogP) is 3.51. The second-order valence-electron chi connectivity index (χ2n) is 6.24. The lowest BCUT2D eigenvalue weighted by Crippen LogP contribution is -2.21. The van der Waals surface area contributed by atoms with Gasteiger partial charge in [-0.15, -0.1) is 0 Å². The molecule has 0 radical (unpaired) electrons. The summed E-state index contributed by atoms with van der Waals surface area (Å²) in [6.45, 7) is 2.98. The van der Waals surface area contributed by atoms with E-state index in [0.29, 0.717) is 22.8 Å². The number of unbranched alkanes of at least 4 members (excludes halogenated alkanes) is 1. The number of nitrogens with zero attached hydrogens (tertiary/aromatic N) is 3. The van der Waals surface area contributed by atoms with Crippen LogP contribution < -0.4 is 5.73 Å². The highest BCUT2D eigenvalue weighted by molar-refractivity contribution is 6.30. The minimum atomic E-state index is -5.08. The molecule has 1 aliphatic rings. The van der Waals surface area contributed by atoms with Crippen molar-refractivity contribution in [1.29, 1.82) is 5.26 Å². The molecule has 3 N–H and O–H groups in total. The summed E-state index contributed by atoms with van der Waals surface area (Å²) in [5.74, 6) is -1.26. The summed E-state index contributed by atoms with van der Waals surface area (Å²) in [6.07, 6.45) is 1.24. The molecule has 1 fully saturated rings. The minimum Gasteiger partial charge on any atom is -0.475 e. The first-order chi connectivity index (χ1) is 12.1. The Morgan fingerprint density at radius 3 is 2.54 bits per heavy atom. The Bertz CT molecular complexity index is 655. The largest absolute Gasteiger partial charge is 0.490 e. The van der Waals surface area contributed by atoms with Gasteiger partial charge in [0.05, 0.1) is 0 Å². The molecule has 6 nitrogen and oxygen atoms in total. The summed E-state index contributed by atoms with van der Waals surface area (Å²) in [6, 6.07) is 2.50. The number of aryl methyl sites for hydroxylation is 1. The van der Waals surface area contributed by atoms with Gasteiger partial charge in [0.25, 0.3) is 0 Å². The van der Waals surface area contributed by atoms with Crippen molar-refractivity contribution < 1.29 is 23.1 Å². The Morgan fingerprint density at radius 2 is 2.12 bits per heavy atom. The van der Waals surface area contributed by atoms with Gasteiger partial charge in [0.15, 0.2) is 10.8 Å². The number of carbonyl (C=O) groups is 1. The summed E-state index contributed by atoms with van der Waals surface area (Å²) < 4.78 is 33.8. The van der Waals surface area contributed by atoms with Crippen LogP contribution in [-0.2, 0) is 17.8 Å². The maximum absolute atomic E-state index is 10.6. The second-order valence-corrected chi connectivity index (χ2v) is 6.59. The van der Waals surface area contributed by atoms with E-state index in [1.165, 1.54) is 0 Å². The molecule has 0 bridgehead atoms. The molecule has 2 rings (SSSR count). The number of aromatic nitrogens is 2. The fourth-order valence-corrected chi connectivity index (χ4v) is 3.08. The van der Waals surface area contributed by atoms with Gasteiger partial charge in [-0.05, 0) is 31.6 Å². The first kappa shape index (κ1) is 22.3. The molecular formula is C16H22ClF3N4O2. The molecule has 2 unspecified atom stereocenters. The molecule has 146 valence electrons. The van der Waals surface area contributed by atoms with Crippen molar-refractivity contribution in [3.63, 3.8) is 0 Å². The number of rotatable bonds is 5. The quantitative estimate of drug-likeness (QED) is 0.795. The van der Waals surface area contributed by atoms with Crippen LogP contribution in [0, 0.1) is 17.2 Å². The maximum atomic E-state index is 10.6. The van der Waals surface area contributed by atoms with Gasteiger partial charge in [-0.1, -0.05) is 24.9 Å². The zero-order chi connectivity index (χ0) is 19.9. The summed E-state index contributed by atoms with van der Waals surface area (Å²) in [4.78, 5) is 13.3. The van der Waals surface area contributed by atoms with E-state index in [4.69, 9.17) is 27.2 Å². The van der Waals surface area contributed by atoms with Crippen molar-refractivity contribution in [1.82, 2.24) is 9.55 Å². The van der Waals surface area contributed by atoms with Gasteiger partial charge < -0.3 is 15.4 Å². The number of hydrogen-bond donors (Lipinski definition) is 2. The summed E-state index contributed by atoms with van der Waals surface area (Å²) in [7, 11) is 0. The highest BCUT2D eigenvalue weighted by Gasteiger charge is 2.38. The topological polar surface area (TPSA) is 105 Å². The number of imidazole rings is 1. The first-order valence-electron chi connectivity index (χ1n) is 8.30. The number of nitriles is 1. The third-order valence-electron chi connectivity index (χ3n) is 4.13. The predicted molar refractivity (Wildman–Crippen MR) is 89.6 cm³/mol. The minimum absolute atomic E-state index is 0.314. The Kier molecular flexibility index (Phi) is 8.37. The van der Waals surface area contributed by atoms with Gasteiger partial charge in [-0.25, -0.2) is 9.78 Å². The molecular weight excluding hydrogens is 373 g/mol. The molecule has 1 aliphatic carbocycles. The van der Waals surface area contributed by atoms with Gasteiger partial charge in [-0.2, -0.15) is 18.4 Å². The number of aliphatic carboxylic acids is 1. The normalized spacial score (nSPS) is 19.6. The first-order valence-corrected chi connectivity index (χ1v) is 8.68. The van der Waals surface area contributed by atoms with Crippen LogP contribution in [0.4, 0.5) is 13.2 Å². The van der Waals surface area contributed by atoms with Crippen LogP contribution in [0.1, 0.15) is 50.5 Å². The molecule has 26 heavy (non-hydrogen) atoms. The van der Waals surface area contributed by atoms with Crippen molar-refractivity contribution in [2.75, 3.05) is 0 Å². The third kappa shape index (κ3) is 6.50. The van der Waals surface area contributed by atoms with E-state index in [2.05, 4.69) is 18.0 Å². The molecule has 1 heterocycles. The Balaban J connectivity index is 0.000000412. The van der Waals surface area contributed by atoms with Crippen LogP contribution >= 0.6 is 11.6 Å².